The number of hydrogen-bond donors (Lipinski definition) is 1. The van der Waals surface area contributed by atoms with Gasteiger partial charge in [0.1, 0.15) is 11.6 Å². The number of amides is 1. The molecule has 4 aromatic rings. The van der Waals surface area contributed by atoms with E-state index in [9.17, 15) is 14.0 Å². The molecule has 0 atom stereocenters. The Morgan fingerprint density at radius 3 is 2.42 bits per heavy atom. The number of halogens is 1. The molecule has 1 amide bonds. The molecule has 6 heteroatoms. The number of nitrogens with one attached hydrogen (secondary N) is 1. The zero-order valence-corrected chi connectivity index (χ0v) is 22.0. The lowest BCUT2D eigenvalue weighted by Gasteiger charge is -2.62. The summed E-state index contributed by atoms with van der Waals surface area (Å²) in [4.78, 5) is 31.1. The van der Waals surface area contributed by atoms with E-state index in [1.165, 1.54) is 6.07 Å². The minimum absolute atomic E-state index is 0.101. The molecule has 3 saturated carbocycles. The lowest BCUT2D eigenvalue weighted by molar-refractivity contribution is -0.103. The molecule has 1 N–H and O–H groups in total. The van der Waals surface area contributed by atoms with Crippen LogP contribution in [0.4, 0.5) is 4.39 Å². The molecule has 0 spiro atoms. The largest absolute Gasteiger partial charge is 0.437 e. The first-order chi connectivity index (χ1) is 18.3. The second-order valence-corrected chi connectivity index (χ2v) is 11.1. The third-order valence-electron chi connectivity index (χ3n) is 8.29. The number of rotatable bonds is 8. The molecule has 5 nitrogen and oxygen atoms in total. The van der Waals surface area contributed by atoms with Crippen molar-refractivity contribution in [1.82, 2.24) is 10.3 Å². The van der Waals surface area contributed by atoms with Gasteiger partial charge in [-0.2, -0.15) is 0 Å². The molecule has 7 rings (SSSR count). The summed E-state index contributed by atoms with van der Waals surface area (Å²) >= 11 is 0. The van der Waals surface area contributed by atoms with E-state index in [0.29, 0.717) is 40.8 Å². The summed E-state index contributed by atoms with van der Waals surface area (Å²) in [5.41, 5.74) is 5.20. The molecule has 3 aliphatic rings. The van der Waals surface area contributed by atoms with Crippen molar-refractivity contribution in [3.63, 3.8) is 0 Å². The van der Waals surface area contributed by atoms with Crippen molar-refractivity contribution < 1.29 is 18.4 Å². The van der Waals surface area contributed by atoms with Crippen LogP contribution in [0.15, 0.2) is 52.9 Å². The summed E-state index contributed by atoms with van der Waals surface area (Å²) in [5, 5.41) is 3.31. The van der Waals surface area contributed by atoms with Gasteiger partial charge in [0.25, 0.3) is 5.91 Å². The second-order valence-electron chi connectivity index (χ2n) is 11.1. The fourth-order valence-electron chi connectivity index (χ4n) is 6.21. The van der Waals surface area contributed by atoms with Crippen LogP contribution in [0.2, 0.25) is 0 Å². The predicted molar refractivity (Wildman–Crippen MR) is 146 cm³/mol. The molecule has 0 radical (unpaired) electrons. The van der Waals surface area contributed by atoms with Crippen LogP contribution in [-0.2, 0) is 6.42 Å². The molecule has 0 saturated heterocycles. The van der Waals surface area contributed by atoms with Gasteiger partial charge < -0.3 is 9.73 Å². The Hall–Kier alpha value is -3.80. The Labute approximate surface area is 221 Å². The van der Waals surface area contributed by atoms with Gasteiger partial charge in [-0.1, -0.05) is 49.2 Å². The molecule has 2 aromatic carbocycles. The Bertz CT molecular complexity index is 1570. The number of nitrogens with zero attached hydrogens (tertiary/aromatic N) is 1. The molecule has 194 valence electrons. The van der Waals surface area contributed by atoms with E-state index in [1.54, 1.807) is 19.2 Å². The topological polar surface area (TPSA) is 72.2 Å². The van der Waals surface area contributed by atoms with E-state index < -0.39 is 5.82 Å². The van der Waals surface area contributed by atoms with Gasteiger partial charge in [-0.05, 0) is 67.7 Å². The first kappa shape index (κ1) is 24.5. The van der Waals surface area contributed by atoms with E-state index in [0.717, 1.165) is 54.0 Å². The number of benzene rings is 2. The summed E-state index contributed by atoms with van der Waals surface area (Å²) in [6, 6.07) is 14.4. The minimum Gasteiger partial charge on any atom is -0.437 e. The van der Waals surface area contributed by atoms with E-state index >= 15 is 0 Å². The first-order valence-corrected chi connectivity index (χ1v) is 13.4. The maximum atomic E-state index is 14.9. The standard InChI is InChI=1S/C32H31FN2O3/c1-4-5-26-22(21-10-11-25(33)23(12-21)27(36)17-32-14-19(15-32)16-32)13-24-28(30(37)34-3)29(38-31(24)35-26)20-8-6-18(2)7-9-20/h6-13,19H,4-5,14-17H2,1-3H3,(H,34,37). The van der Waals surface area contributed by atoms with Crippen LogP contribution in [0.1, 0.15) is 71.0 Å². The number of hydrogen-bond acceptors (Lipinski definition) is 4. The quantitative estimate of drug-likeness (QED) is 0.253. The summed E-state index contributed by atoms with van der Waals surface area (Å²) in [6.45, 7) is 4.07. The SMILES string of the molecule is CCCc1nc2oc(-c3ccc(C)cc3)c(C(=O)NC)c2cc1-c1ccc(F)c(C(=O)CC23CC(C2)C3)c1. The van der Waals surface area contributed by atoms with Crippen LogP contribution in [0.5, 0.6) is 0 Å². The van der Waals surface area contributed by atoms with E-state index in [4.69, 9.17) is 9.40 Å². The van der Waals surface area contributed by atoms with E-state index in [2.05, 4.69) is 12.2 Å². The van der Waals surface area contributed by atoms with Crippen LogP contribution in [-0.4, -0.2) is 23.7 Å². The van der Waals surface area contributed by atoms with Crippen molar-refractivity contribution in [1.29, 1.82) is 0 Å². The molecular formula is C32H31FN2O3. The minimum atomic E-state index is -0.493. The number of carbonyl (C=O) groups excluding carboxylic acids is 2. The van der Waals surface area contributed by atoms with Gasteiger partial charge in [0.15, 0.2) is 5.78 Å². The molecule has 2 aromatic heterocycles. The van der Waals surface area contributed by atoms with Crippen molar-refractivity contribution in [3.05, 3.63) is 76.7 Å². The van der Waals surface area contributed by atoms with Gasteiger partial charge in [0.2, 0.25) is 5.71 Å². The van der Waals surface area contributed by atoms with Gasteiger partial charge >= 0.3 is 0 Å². The van der Waals surface area contributed by atoms with Crippen LogP contribution < -0.4 is 5.32 Å². The van der Waals surface area contributed by atoms with Crippen molar-refractivity contribution in [2.24, 2.45) is 11.3 Å². The molecule has 38 heavy (non-hydrogen) atoms. The lowest BCUT2D eigenvalue weighted by Crippen LogP contribution is -2.52. The highest BCUT2D eigenvalue weighted by atomic mass is 19.1. The van der Waals surface area contributed by atoms with Crippen molar-refractivity contribution in [2.75, 3.05) is 7.05 Å². The summed E-state index contributed by atoms with van der Waals surface area (Å²) < 4.78 is 21.1. The molecule has 3 fully saturated rings. The number of aryl methyl sites for hydroxylation is 2. The fraction of sp³-hybridized carbons (Fsp3) is 0.344. The van der Waals surface area contributed by atoms with Crippen LogP contribution in [0, 0.1) is 24.1 Å². The maximum Gasteiger partial charge on any atom is 0.255 e. The first-order valence-electron chi connectivity index (χ1n) is 13.4. The monoisotopic (exact) mass is 510 g/mol. The molecule has 2 bridgehead atoms. The van der Waals surface area contributed by atoms with Crippen LogP contribution in [0.25, 0.3) is 33.6 Å². The van der Waals surface area contributed by atoms with Crippen molar-refractivity contribution in [2.45, 2.75) is 52.4 Å². The average Bonchev–Trinajstić information content (AvgIpc) is 3.23. The number of fused-ring (bicyclic) bond motifs is 1. The highest BCUT2D eigenvalue weighted by molar-refractivity contribution is 6.11. The zero-order valence-electron chi connectivity index (χ0n) is 22.0. The Morgan fingerprint density at radius 2 is 1.79 bits per heavy atom. The number of aromatic nitrogens is 1. The van der Waals surface area contributed by atoms with Gasteiger partial charge in [0.05, 0.1) is 22.2 Å². The Morgan fingerprint density at radius 1 is 1.08 bits per heavy atom. The highest BCUT2D eigenvalue weighted by Gasteiger charge is 2.57. The van der Waals surface area contributed by atoms with Gasteiger partial charge in [-0.15, -0.1) is 0 Å². The number of furan rings is 1. The number of ketones is 1. The predicted octanol–water partition coefficient (Wildman–Crippen LogP) is 7.29. The summed E-state index contributed by atoms with van der Waals surface area (Å²) in [7, 11) is 1.59. The zero-order chi connectivity index (χ0) is 26.6. The molecule has 2 heterocycles. The number of carbonyl (C=O) groups is 2. The van der Waals surface area contributed by atoms with E-state index in [-0.39, 0.29) is 22.7 Å². The average molecular weight is 511 g/mol. The normalized spacial score (nSPS) is 19.6. The van der Waals surface area contributed by atoms with Gasteiger partial charge in [-0.25, -0.2) is 9.37 Å². The number of pyridine rings is 1. The molecule has 0 aliphatic heterocycles. The van der Waals surface area contributed by atoms with Crippen LogP contribution in [0.3, 0.4) is 0 Å². The Kier molecular flexibility index (Phi) is 5.93. The van der Waals surface area contributed by atoms with Crippen LogP contribution >= 0.6 is 0 Å². The molecule has 3 aliphatic carbocycles. The van der Waals surface area contributed by atoms with Crippen molar-refractivity contribution in [3.8, 4) is 22.5 Å². The third-order valence-corrected chi connectivity index (χ3v) is 8.29. The summed E-state index contributed by atoms with van der Waals surface area (Å²) in [6.07, 6.45) is 5.20. The van der Waals surface area contributed by atoms with Gasteiger partial charge in [0, 0.05) is 24.6 Å². The van der Waals surface area contributed by atoms with E-state index in [1.807, 2.05) is 37.3 Å². The lowest BCUT2D eigenvalue weighted by atomic mass is 9.43. The third kappa shape index (κ3) is 4.03. The molecular weight excluding hydrogens is 479 g/mol. The van der Waals surface area contributed by atoms with Gasteiger partial charge in [-0.3, -0.25) is 9.59 Å². The summed E-state index contributed by atoms with van der Waals surface area (Å²) in [5.74, 6) is 0.323. The smallest absolute Gasteiger partial charge is 0.255 e. The molecule has 0 unspecified atom stereocenters. The highest BCUT2D eigenvalue weighted by Crippen LogP contribution is 2.66. The number of Topliss-reactive ketones (excluding diaryl/α,β-unsaturated/α-hetero) is 1. The second kappa shape index (κ2) is 9.19. The van der Waals surface area contributed by atoms with Crippen molar-refractivity contribution >= 4 is 22.8 Å². The Balaban J connectivity index is 1.48. The maximum absolute atomic E-state index is 14.9. The fourth-order valence-corrected chi connectivity index (χ4v) is 6.21.